The molecule has 0 bridgehead atoms. The van der Waals surface area contributed by atoms with Crippen molar-refractivity contribution in [3.8, 4) is 5.75 Å². The van der Waals surface area contributed by atoms with Crippen LogP contribution in [0.1, 0.15) is 19.4 Å². The Bertz CT molecular complexity index is 1710. The highest BCUT2D eigenvalue weighted by molar-refractivity contribution is 6.06. The summed E-state index contributed by atoms with van der Waals surface area (Å²) >= 11 is 0. The quantitative estimate of drug-likeness (QED) is 0.202. The minimum absolute atomic E-state index is 0.0134. The normalized spacial score (nSPS) is 17.1. The van der Waals surface area contributed by atoms with E-state index in [1.54, 1.807) is 37.1 Å². The number of likely N-dealkylation sites (N-methyl/N-ethyl adjacent to an activating group) is 1. The molecule has 0 aromatic heterocycles. The largest absolute Gasteiger partial charge is 0.488 e. The molecule has 240 valence electrons. The number of aliphatic hydroxyl groups excluding tert-OH is 1. The lowest BCUT2D eigenvalue weighted by atomic mass is 10.0. The zero-order valence-corrected chi connectivity index (χ0v) is 26.0. The van der Waals surface area contributed by atoms with Crippen LogP contribution in [0.15, 0.2) is 84.9 Å². The minimum Gasteiger partial charge on any atom is -0.488 e. The van der Waals surface area contributed by atoms with Gasteiger partial charge in [0.1, 0.15) is 17.7 Å². The summed E-state index contributed by atoms with van der Waals surface area (Å²) in [4.78, 5) is 42.7. The third-order valence-corrected chi connectivity index (χ3v) is 8.11. The number of hydrogen-bond donors (Lipinski definition) is 4. The third kappa shape index (κ3) is 7.73. The molecule has 5 amide bonds. The van der Waals surface area contributed by atoms with Gasteiger partial charge in [-0.3, -0.25) is 4.79 Å². The van der Waals surface area contributed by atoms with Crippen LogP contribution in [0.5, 0.6) is 5.75 Å². The zero-order chi connectivity index (χ0) is 32.8. The molecule has 0 spiro atoms. The van der Waals surface area contributed by atoms with E-state index in [-0.39, 0.29) is 31.4 Å². The van der Waals surface area contributed by atoms with Crippen LogP contribution in [0.3, 0.4) is 0 Å². The smallest absolute Gasteiger partial charge is 0.323 e. The Morgan fingerprint density at radius 3 is 2.48 bits per heavy atom. The highest BCUT2D eigenvalue weighted by Gasteiger charge is 2.32. The molecule has 4 aromatic carbocycles. The summed E-state index contributed by atoms with van der Waals surface area (Å²) in [6.07, 6.45) is -0.545. The molecule has 46 heavy (non-hydrogen) atoms. The van der Waals surface area contributed by atoms with Crippen molar-refractivity contribution in [2.45, 2.75) is 32.4 Å². The van der Waals surface area contributed by atoms with E-state index in [9.17, 15) is 23.9 Å². The van der Waals surface area contributed by atoms with Gasteiger partial charge in [-0.2, -0.15) is 0 Å². The lowest BCUT2D eigenvalue weighted by Gasteiger charge is -2.34. The molecule has 0 saturated heterocycles. The van der Waals surface area contributed by atoms with E-state index in [0.29, 0.717) is 34.9 Å². The molecule has 0 aliphatic carbocycles. The molecule has 0 unspecified atom stereocenters. The van der Waals surface area contributed by atoms with Crippen molar-refractivity contribution in [2.75, 3.05) is 42.7 Å². The SMILES string of the molecule is C[C@@H]1CN([C@H](C)CO)C(=O)Cc2cc(NC(=O)Nc3cccc4ccccc34)ccc2O[C@@H]1CN(C)C(=O)Nc1ccc(F)cc1. The Labute approximate surface area is 267 Å². The van der Waals surface area contributed by atoms with Crippen molar-refractivity contribution >= 4 is 45.8 Å². The fourth-order valence-electron chi connectivity index (χ4n) is 5.45. The molecule has 5 rings (SSSR count). The van der Waals surface area contributed by atoms with Crippen molar-refractivity contribution < 1.29 is 28.6 Å². The number of carbonyl (C=O) groups is 3. The summed E-state index contributed by atoms with van der Waals surface area (Å²) < 4.78 is 19.8. The van der Waals surface area contributed by atoms with Crippen LogP contribution in [-0.2, 0) is 11.2 Å². The van der Waals surface area contributed by atoms with E-state index in [0.717, 1.165) is 10.8 Å². The van der Waals surface area contributed by atoms with Gasteiger partial charge in [-0.05, 0) is 60.8 Å². The molecule has 1 heterocycles. The van der Waals surface area contributed by atoms with Crippen LogP contribution >= 0.6 is 0 Å². The van der Waals surface area contributed by atoms with Crippen molar-refractivity contribution in [1.29, 1.82) is 0 Å². The maximum atomic E-state index is 13.6. The van der Waals surface area contributed by atoms with E-state index in [4.69, 9.17) is 4.74 Å². The second kappa shape index (κ2) is 14.3. The number of carbonyl (C=O) groups excluding carboxylic acids is 3. The maximum Gasteiger partial charge on any atom is 0.323 e. The number of aliphatic hydroxyl groups is 1. The van der Waals surface area contributed by atoms with Gasteiger partial charge in [0.15, 0.2) is 0 Å². The van der Waals surface area contributed by atoms with Gasteiger partial charge in [0, 0.05) is 41.8 Å². The molecule has 0 saturated carbocycles. The maximum absolute atomic E-state index is 13.6. The number of fused-ring (bicyclic) bond motifs is 2. The monoisotopic (exact) mass is 627 g/mol. The van der Waals surface area contributed by atoms with Crippen LogP contribution in [0.25, 0.3) is 10.8 Å². The number of amides is 5. The molecule has 10 nitrogen and oxygen atoms in total. The standard InChI is InChI=1S/C35H38FN5O5/c1-22-19-41(23(2)21-42)33(43)18-25-17-28(37-34(44)39-30-10-6-8-24-7-4-5-9-29(24)30)15-16-31(25)46-32(22)20-40(3)35(45)38-27-13-11-26(36)12-14-27/h4-17,22-23,32,42H,18-21H2,1-3H3,(H,38,45)(H2,37,39,44)/t22-,23-,32-/m1/s1. The number of anilines is 3. The van der Waals surface area contributed by atoms with E-state index in [1.807, 2.05) is 49.4 Å². The number of nitrogens with zero attached hydrogens (tertiary/aromatic N) is 2. The molecule has 0 radical (unpaired) electrons. The lowest BCUT2D eigenvalue weighted by molar-refractivity contribution is -0.134. The first-order valence-corrected chi connectivity index (χ1v) is 15.1. The number of halogens is 1. The van der Waals surface area contributed by atoms with Gasteiger partial charge in [-0.25, -0.2) is 14.0 Å². The van der Waals surface area contributed by atoms with Gasteiger partial charge >= 0.3 is 12.1 Å². The summed E-state index contributed by atoms with van der Waals surface area (Å²) in [5, 5.41) is 20.3. The summed E-state index contributed by atoms with van der Waals surface area (Å²) in [7, 11) is 1.63. The lowest BCUT2D eigenvalue weighted by Crippen LogP contribution is -2.48. The number of ether oxygens (including phenoxy) is 1. The first-order chi connectivity index (χ1) is 22.1. The second-order valence-electron chi connectivity index (χ2n) is 11.6. The van der Waals surface area contributed by atoms with Crippen LogP contribution in [0.4, 0.5) is 31.0 Å². The van der Waals surface area contributed by atoms with Crippen molar-refractivity contribution in [3.05, 3.63) is 96.3 Å². The van der Waals surface area contributed by atoms with Gasteiger partial charge < -0.3 is 35.6 Å². The molecule has 3 atom stereocenters. The number of benzene rings is 4. The van der Waals surface area contributed by atoms with E-state index < -0.39 is 30.0 Å². The zero-order valence-electron chi connectivity index (χ0n) is 26.0. The molecular formula is C35H38FN5O5. The summed E-state index contributed by atoms with van der Waals surface area (Å²) in [5.74, 6) is -0.373. The van der Waals surface area contributed by atoms with E-state index in [2.05, 4.69) is 16.0 Å². The summed E-state index contributed by atoms with van der Waals surface area (Å²) in [6, 6.07) is 22.7. The highest BCUT2D eigenvalue weighted by Crippen LogP contribution is 2.30. The van der Waals surface area contributed by atoms with Crippen LogP contribution in [0, 0.1) is 11.7 Å². The summed E-state index contributed by atoms with van der Waals surface area (Å²) in [5.41, 5.74) is 2.13. The van der Waals surface area contributed by atoms with Crippen LogP contribution in [0.2, 0.25) is 0 Å². The van der Waals surface area contributed by atoms with E-state index >= 15 is 0 Å². The molecule has 4 N–H and O–H groups in total. The average Bonchev–Trinajstić information content (AvgIpc) is 3.09. The molecule has 1 aliphatic heterocycles. The molecule has 0 fully saturated rings. The molecule has 11 heteroatoms. The Morgan fingerprint density at radius 1 is 1.00 bits per heavy atom. The van der Waals surface area contributed by atoms with Crippen LogP contribution in [-0.4, -0.2) is 71.8 Å². The highest BCUT2D eigenvalue weighted by atomic mass is 19.1. The Hall–Kier alpha value is -5.16. The Balaban J connectivity index is 1.36. The summed E-state index contributed by atoms with van der Waals surface area (Å²) in [6.45, 7) is 3.96. The van der Waals surface area contributed by atoms with Gasteiger partial charge in [0.25, 0.3) is 0 Å². The topological polar surface area (TPSA) is 123 Å². The van der Waals surface area contributed by atoms with Crippen molar-refractivity contribution in [2.24, 2.45) is 5.92 Å². The predicted octanol–water partition coefficient (Wildman–Crippen LogP) is 5.94. The third-order valence-electron chi connectivity index (χ3n) is 8.11. The first kappa shape index (κ1) is 32.2. The molecular weight excluding hydrogens is 589 g/mol. The Morgan fingerprint density at radius 2 is 1.72 bits per heavy atom. The molecule has 4 aromatic rings. The van der Waals surface area contributed by atoms with Gasteiger partial charge in [0.2, 0.25) is 5.91 Å². The minimum atomic E-state index is -0.532. The van der Waals surface area contributed by atoms with Crippen molar-refractivity contribution in [1.82, 2.24) is 9.80 Å². The predicted molar refractivity (Wildman–Crippen MR) is 177 cm³/mol. The first-order valence-electron chi connectivity index (χ1n) is 15.1. The number of hydrogen-bond acceptors (Lipinski definition) is 5. The number of nitrogens with one attached hydrogen (secondary N) is 3. The fourth-order valence-corrected chi connectivity index (χ4v) is 5.45. The number of rotatable bonds is 7. The second-order valence-corrected chi connectivity index (χ2v) is 11.6. The van der Waals surface area contributed by atoms with Crippen molar-refractivity contribution in [3.63, 3.8) is 0 Å². The van der Waals surface area contributed by atoms with Gasteiger partial charge in [-0.15, -0.1) is 0 Å². The Kier molecular flexibility index (Phi) is 10.0. The molecule has 1 aliphatic rings. The van der Waals surface area contributed by atoms with E-state index in [1.165, 1.54) is 29.2 Å². The van der Waals surface area contributed by atoms with Gasteiger partial charge in [-0.1, -0.05) is 43.3 Å². The number of urea groups is 2. The average molecular weight is 628 g/mol. The van der Waals surface area contributed by atoms with Crippen LogP contribution < -0.4 is 20.7 Å². The fraction of sp³-hybridized carbons (Fsp3) is 0.286. The van der Waals surface area contributed by atoms with Gasteiger partial charge in [0.05, 0.1) is 31.3 Å².